The van der Waals surface area contributed by atoms with Gasteiger partial charge in [0.05, 0.1) is 19.8 Å². The second-order valence-corrected chi connectivity index (χ2v) is 4.05. The van der Waals surface area contributed by atoms with E-state index in [1.54, 1.807) is 33.0 Å². The van der Waals surface area contributed by atoms with Crippen molar-refractivity contribution in [1.82, 2.24) is 0 Å². The molecule has 0 fully saturated rings. The number of aryl methyl sites for hydroxylation is 1. The van der Waals surface area contributed by atoms with Crippen molar-refractivity contribution in [3.8, 4) is 11.5 Å². The van der Waals surface area contributed by atoms with Crippen LogP contribution in [-0.2, 0) is 0 Å². The van der Waals surface area contributed by atoms with Crippen molar-refractivity contribution < 1.29 is 9.47 Å². The fourth-order valence-corrected chi connectivity index (χ4v) is 2.23. The molecular weight excluding hydrogens is 222 g/mol. The molecule has 0 N–H and O–H groups in total. The molecule has 0 aliphatic carbocycles. The number of methoxy groups -OCH3 is 2. The first-order chi connectivity index (χ1) is 7.67. The summed E-state index contributed by atoms with van der Waals surface area (Å²) in [6, 6.07) is 3.86. The van der Waals surface area contributed by atoms with E-state index in [1.807, 2.05) is 25.3 Å². The Morgan fingerprint density at radius 1 is 1.25 bits per heavy atom. The van der Waals surface area contributed by atoms with E-state index in [-0.39, 0.29) is 0 Å². The Balaban J connectivity index is 3.37. The highest BCUT2D eigenvalue weighted by Gasteiger charge is 2.13. The Morgan fingerprint density at radius 2 is 1.94 bits per heavy atom. The summed E-state index contributed by atoms with van der Waals surface area (Å²) in [5.74, 6) is 1.60. The summed E-state index contributed by atoms with van der Waals surface area (Å²) < 4.78 is 10.6. The number of nitrogens with zero attached hydrogens (tertiary/aromatic N) is 1. The minimum atomic E-state index is 0.798. The summed E-state index contributed by atoms with van der Waals surface area (Å²) in [7, 11) is 5.09. The second kappa shape index (κ2) is 5.80. The van der Waals surface area contributed by atoms with Gasteiger partial charge in [-0.1, -0.05) is 0 Å². The molecule has 0 saturated heterocycles. The van der Waals surface area contributed by atoms with E-state index < -0.39 is 0 Å². The standard InChI is InChI=1S/C12H17NO2S/c1-8-6-9(14-3)7-10(15-4)11(8)12(13-2)16-5/h6-7H,1-5H3. The molecule has 0 spiro atoms. The van der Waals surface area contributed by atoms with Crippen LogP contribution < -0.4 is 9.47 Å². The Labute approximate surface area is 101 Å². The Bertz CT molecular complexity index is 402. The fraction of sp³-hybridized carbons (Fsp3) is 0.417. The molecule has 0 heterocycles. The van der Waals surface area contributed by atoms with Crippen molar-refractivity contribution in [2.24, 2.45) is 4.99 Å². The van der Waals surface area contributed by atoms with Crippen LogP contribution in [0.15, 0.2) is 17.1 Å². The molecule has 0 unspecified atom stereocenters. The van der Waals surface area contributed by atoms with Gasteiger partial charge in [-0.25, -0.2) is 0 Å². The van der Waals surface area contributed by atoms with Gasteiger partial charge in [0.1, 0.15) is 16.5 Å². The van der Waals surface area contributed by atoms with Gasteiger partial charge in [-0.15, -0.1) is 11.8 Å². The number of aliphatic imine (C=N–C) groups is 1. The van der Waals surface area contributed by atoms with Crippen LogP contribution in [0.4, 0.5) is 0 Å². The number of rotatable bonds is 3. The lowest BCUT2D eigenvalue weighted by Gasteiger charge is -2.14. The summed E-state index contributed by atoms with van der Waals surface area (Å²) in [5.41, 5.74) is 2.14. The van der Waals surface area contributed by atoms with Crippen LogP contribution in [0.2, 0.25) is 0 Å². The molecule has 0 aromatic heterocycles. The Morgan fingerprint density at radius 3 is 2.38 bits per heavy atom. The van der Waals surface area contributed by atoms with E-state index in [9.17, 15) is 0 Å². The molecule has 1 aromatic rings. The molecule has 0 aliphatic rings. The van der Waals surface area contributed by atoms with Gasteiger partial charge in [-0.2, -0.15) is 0 Å². The molecule has 4 heteroatoms. The smallest absolute Gasteiger partial charge is 0.132 e. The van der Waals surface area contributed by atoms with Crippen LogP contribution in [0.3, 0.4) is 0 Å². The fourth-order valence-electron chi connectivity index (χ4n) is 1.58. The largest absolute Gasteiger partial charge is 0.497 e. The predicted molar refractivity (Wildman–Crippen MR) is 70.3 cm³/mol. The predicted octanol–water partition coefficient (Wildman–Crippen LogP) is 2.75. The van der Waals surface area contributed by atoms with E-state index in [2.05, 4.69) is 4.99 Å². The first kappa shape index (κ1) is 12.9. The van der Waals surface area contributed by atoms with Gasteiger partial charge in [-0.3, -0.25) is 4.99 Å². The molecule has 16 heavy (non-hydrogen) atoms. The van der Waals surface area contributed by atoms with Crippen molar-refractivity contribution in [3.63, 3.8) is 0 Å². The minimum Gasteiger partial charge on any atom is -0.497 e. The average molecular weight is 239 g/mol. The van der Waals surface area contributed by atoms with Crippen LogP contribution in [0.1, 0.15) is 11.1 Å². The normalized spacial score (nSPS) is 11.4. The highest BCUT2D eigenvalue weighted by molar-refractivity contribution is 8.13. The molecular formula is C12H17NO2S. The lowest BCUT2D eigenvalue weighted by atomic mass is 10.1. The lowest BCUT2D eigenvalue weighted by Crippen LogP contribution is -2.03. The third-order valence-corrected chi connectivity index (χ3v) is 3.11. The quantitative estimate of drug-likeness (QED) is 0.600. The van der Waals surface area contributed by atoms with Crippen LogP contribution in [0, 0.1) is 6.92 Å². The number of thioether (sulfide) groups is 1. The second-order valence-electron chi connectivity index (χ2n) is 3.25. The number of benzene rings is 1. The lowest BCUT2D eigenvalue weighted by molar-refractivity contribution is 0.393. The summed E-state index contributed by atoms with van der Waals surface area (Å²) in [4.78, 5) is 4.26. The van der Waals surface area contributed by atoms with Crippen molar-refractivity contribution in [2.75, 3.05) is 27.5 Å². The van der Waals surface area contributed by atoms with Gasteiger partial charge < -0.3 is 9.47 Å². The van der Waals surface area contributed by atoms with Crippen molar-refractivity contribution in [3.05, 3.63) is 23.3 Å². The summed E-state index contributed by atoms with van der Waals surface area (Å²) >= 11 is 1.61. The average Bonchev–Trinajstić information content (AvgIpc) is 2.31. The van der Waals surface area contributed by atoms with E-state index in [4.69, 9.17) is 9.47 Å². The van der Waals surface area contributed by atoms with E-state index >= 15 is 0 Å². The molecule has 0 amide bonds. The molecule has 0 radical (unpaired) electrons. The van der Waals surface area contributed by atoms with Gasteiger partial charge in [0.2, 0.25) is 0 Å². The van der Waals surface area contributed by atoms with Crippen molar-refractivity contribution >= 4 is 16.8 Å². The zero-order valence-corrected chi connectivity index (χ0v) is 11.1. The van der Waals surface area contributed by atoms with Gasteiger partial charge in [0, 0.05) is 13.1 Å². The SMILES string of the molecule is CN=C(SC)c1c(C)cc(OC)cc1OC. The zero-order chi connectivity index (χ0) is 12.1. The monoisotopic (exact) mass is 239 g/mol. The topological polar surface area (TPSA) is 30.8 Å². The Kier molecular flexibility index (Phi) is 4.68. The molecule has 0 bridgehead atoms. The number of hydrogen-bond donors (Lipinski definition) is 0. The molecule has 3 nitrogen and oxygen atoms in total. The van der Waals surface area contributed by atoms with Crippen LogP contribution in [-0.4, -0.2) is 32.6 Å². The highest BCUT2D eigenvalue weighted by atomic mass is 32.2. The first-order valence-corrected chi connectivity index (χ1v) is 6.14. The first-order valence-electron chi connectivity index (χ1n) is 4.91. The highest BCUT2D eigenvalue weighted by Crippen LogP contribution is 2.31. The summed E-state index contributed by atoms with van der Waals surface area (Å²) in [5, 5.41) is 0.969. The van der Waals surface area contributed by atoms with Gasteiger partial charge in [0.25, 0.3) is 0 Å². The van der Waals surface area contributed by atoms with Crippen LogP contribution in [0.25, 0.3) is 0 Å². The summed E-state index contributed by atoms with van der Waals surface area (Å²) in [6.45, 7) is 2.03. The number of ether oxygens (including phenoxy) is 2. The molecule has 0 saturated carbocycles. The third-order valence-electron chi connectivity index (χ3n) is 2.34. The van der Waals surface area contributed by atoms with E-state index in [0.717, 1.165) is 27.7 Å². The number of hydrogen-bond acceptors (Lipinski definition) is 4. The molecule has 1 rings (SSSR count). The van der Waals surface area contributed by atoms with Gasteiger partial charge in [-0.05, 0) is 24.8 Å². The molecule has 88 valence electrons. The van der Waals surface area contributed by atoms with E-state index in [0.29, 0.717) is 0 Å². The minimum absolute atomic E-state index is 0.798. The summed E-state index contributed by atoms with van der Waals surface area (Å²) in [6.07, 6.45) is 2.01. The third kappa shape index (κ3) is 2.50. The van der Waals surface area contributed by atoms with Crippen molar-refractivity contribution in [2.45, 2.75) is 6.92 Å². The van der Waals surface area contributed by atoms with Gasteiger partial charge >= 0.3 is 0 Å². The van der Waals surface area contributed by atoms with E-state index in [1.165, 1.54) is 0 Å². The maximum atomic E-state index is 5.38. The molecule has 1 aromatic carbocycles. The van der Waals surface area contributed by atoms with Gasteiger partial charge in [0.15, 0.2) is 0 Å². The maximum Gasteiger partial charge on any atom is 0.132 e. The zero-order valence-electron chi connectivity index (χ0n) is 10.3. The van der Waals surface area contributed by atoms with Crippen LogP contribution >= 0.6 is 11.8 Å². The van der Waals surface area contributed by atoms with Crippen LogP contribution in [0.5, 0.6) is 11.5 Å². The molecule has 0 aliphatic heterocycles. The maximum absolute atomic E-state index is 5.38. The van der Waals surface area contributed by atoms with Crippen molar-refractivity contribution in [1.29, 1.82) is 0 Å². The Hall–Kier alpha value is -1.16. The molecule has 0 atom stereocenters.